The van der Waals surface area contributed by atoms with Crippen molar-refractivity contribution < 1.29 is 23.9 Å². The molecule has 0 aliphatic carbocycles. The van der Waals surface area contributed by atoms with E-state index in [0.29, 0.717) is 35.6 Å². The molecule has 0 saturated heterocycles. The van der Waals surface area contributed by atoms with Crippen LogP contribution in [0.5, 0.6) is 0 Å². The second kappa shape index (κ2) is 12.7. The maximum atomic E-state index is 12.9. The zero-order valence-electron chi connectivity index (χ0n) is 19.3. The molecule has 1 aromatic rings. The van der Waals surface area contributed by atoms with Crippen molar-refractivity contribution in [3.05, 3.63) is 41.1 Å². The van der Waals surface area contributed by atoms with Gasteiger partial charge in [-0.1, -0.05) is 32.4 Å². The second-order valence-electron chi connectivity index (χ2n) is 7.52. The summed E-state index contributed by atoms with van der Waals surface area (Å²) in [7, 11) is 1.53. The van der Waals surface area contributed by atoms with Gasteiger partial charge in [-0.15, -0.1) is 0 Å². The molecule has 0 saturated carbocycles. The number of carbonyl (C=O) groups excluding carboxylic acids is 3. The van der Waals surface area contributed by atoms with Crippen molar-refractivity contribution in [2.24, 2.45) is 0 Å². The summed E-state index contributed by atoms with van der Waals surface area (Å²) in [5.41, 5.74) is 2.28. The van der Waals surface area contributed by atoms with Crippen LogP contribution >= 0.6 is 0 Å². The molecule has 9 heteroatoms. The Kier molecular flexibility index (Phi) is 10.0. The van der Waals surface area contributed by atoms with Crippen molar-refractivity contribution in [3.63, 3.8) is 0 Å². The zero-order valence-corrected chi connectivity index (χ0v) is 19.3. The fraction of sp³-hybridized carbons (Fsp3) is 0.522. The lowest BCUT2D eigenvalue weighted by Gasteiger charge is -2.35. The second-order valence-corrected chi connectivity index (χ2v) is 7.52. The number of benzene rings is 1. The SMILES string of the molecule is CCCCNC(=O)Nc1ccc(C2NC(=O)N(CCC)C(C)=C2C(=O)OCCOC)cc1. The van der Waals surface area contributed by atoms with Crippen molar-refractivity contribution in [1.82, 2.24) is 15.5 Å². The summed E-state index contributed by atoms with van der Waals surface area (Å²) in [5, 5.41) is 8.48. The van der Waals surface area contributed by atoms with Crippen LogP contribution in [0.25, 0.3) is 0 Å². The molecule has 0 fully saturated rings. The van der Waals surface area contributed by atoms with Gasteiger partial charge in [0.1, 0.15) is 6.61 Å². The number of rotatable bonds is 11. The first-order valence-corrected chi connectivity index (χ1v) is 11.0. The molecule has 3 N–H and O–H groups in total. The van der Waals surface area contributed by atoms with Crippen molar-refractivity contribution in [2.75, 3.05) is 38.7 Å². The summed E-state index contributed by atoms with van der Waals surface area (Å²) in [6.45, 7) is 7.29. The first-order chi connectivity index (χ1) is 15.4. The van der Waals surface area contributed by atoms with Gasteiger partial charge in [0.15, 0.2) is 0 Å². The van der Waals surface area contributed by atoms with Crippen LogP contribution in [0.4, 0.5) is 15.3 Å². The largest absolute Gasteiger partial charge is 0.460 e. The Balaban J connectivity index is 2.23. The number of ether oxygens (including phenoxy) is 2. The highest BCUT2D eigenvalue weighted by Crippen LogP contribution is 2.32. The molecular weight excluding hydrogens is 412 g/mol. The van der Waals surface area contributed by atoms with Gasteiger partial charge in [0.2, 0.25) is 0 Å². The van der Waals surface area contributed by atoms with E-state index in [4.69, 9.17) is 9.47 Å². The van der Waals surface area contributed by atoms with Gasteiger partial charge in [-0.25, -0.2) is 14.4 Å². The maximum absolute atomic E-state index is 12.9. The van der Waals surface area contributed by atoms with Gasteiger partial charge in [0, 0.05) is 31.6 Å². The highest BCUT2D eigenvalue weighted by atomic mass is 16.6. The molecule has 0 aromatic heterocycles. The van der Waals surface area contributed by atoms with Crippen LogP contribution in [-0.4, -0.2) is 56.3 Å². The first kappa shape index (κ1) is 25.2. The van der Waals surface area contributed by atoms with E-state index < -0.39 is 12.0 Å². The molecular formula is C23H34N4O5. The predicted octanol–water partition coefficient (Wildman–Crippen LogP) is 3.55. The normalized spacial score (nSPS) is 15.9. The minimum atomic E-state index is -0.655. The van der Waals surface area contributed by atoms with Gasteiger partial charge in [-0.3, -0.25) is 4.90 Å². The minimum absolute atomic E-state index is 0.122. The van der Waals surface area contributed by atoms with Crippen LogP contribution in [0.2, 0.25) is 0 Å². The van der Waals surface area contributed by atoms with E-state index in [9.17, 15) is 14.4 Å². The van der Waals surface area contributed by atoms with Gasteiger partial charge in [0.25, 0.3) is 0 Å². The number of nitrogens with one attached hydrogen (secondary N) is 3. The molecule has 176 valence electrons. The number of urea groups is 2. The molecule has 9 nitrogen and oxygen atoms in total. The van der Waals surface area contributed by atoms with Gasteiger partial charge < -0.3 is 25.4 Å². The van der Waals surface area contributed by atoms with Crippen molar-refractivity contribution >= 4 is 23.7 Å². The summed E-state index contributed by atoms with van der Waals surface area (Å²) in [4.78, 5) is 39.1. The number of methoxy groups -OCH3 is 1. The lowest BCUT2D eigenvalue weighted by atomic mass is 9.94. The average molecular weight is 447 g/mol. The number of allylic oxidation sites excluding steroid dienone is 1. The fourth-order valence-electron chi connectivity index (χ4n) is 3.40. The molecule has 1 aliphatic rings. The monoisotopic (exact) mass is 446 g/mol. The fourth-order valence-corrected chi connectivity index (χ4v) is 3.40. The highest BCUT2D eigenvalue weighted by molar-refractivity contribution is 5.95. The topological polar surface area (TPSA) is 109 Å². The zero-order chi connectivity index (χ0) is 23.5. The Morgan fingerprint density at radius 3 is 2.47 bits per heavy atom. The lowest BCUT2D eigenvalue weighted by molar-refractivity contribution is -0.140. The third kappa shape index (κ3) is 6.71. The number of hydrogen-bond acceptors (Lipinski definition) is 5. The Labute approximate surface area is 189 Å². The van der Waals surface area contributed by atoms with Crippen molar-refractivity contribution in [2.45, 2.75) is 46.1 Å². The molecule has 1 atom stereocenters. The van der Waals surface area contributed by atoms with E-state index in [-0.39, 0.29) is 25.3 Å². The number of amides is 4. The predicted molar refractivity (Wildman–Crippen MR) is 122 cm³/mol. The molecule has 32 heavy (non-hydrogen) atoms. The first-order valence-electron chi connectivity index (χ1n) is 11.0. The maximum Gasteiger partial charge on any atom is 0.338 e. The van der Waals surface area contributed by atoms with Crippen LogP contribution in [0, 0.1) is 0 Å². The summed E-state index contributed by atoms with van der Waals surface area (Å²) in [6.07, 6.45) is 2.67. The number of esters is 1. The summed E-state index contributed by atoms with van der Waals surface area (Å²) in [6, 6.07) is 5.84. The third-order valence-corrected chi connectivity index (χ3v) is 5.10. The quantitative estimate of drug-likeness (QED) is 0.356. The summed E-state index contributed by atoms with van der Waals surface area (Å²) < 4.78 is 10.3. The van der Waals surface area contributed by atoms with Crippen LogP contribution in [0.1, 0.15) is 51.6 Å². The molecule has 1 aliphatic heterocycles. The minimum Gasteiger partial charge on any atom is -0.460 e. The van der Waals surface area contributed by atoms with E-state index >= 15 is 0 Å². The summed E-state index contributed by atoms with van der Waals surface area (Å²) in [5.74, 6) is -0.497. The number of nitrogens with zero attached hydrogens (tertiary/aromatic N) is 1. The molecule has 1 aromatic carbocycles. The van der Waals surface area contributed by atoms with Crippen LogP contribution in [0.15, 0.2) is 35.5 Å². The standard InChI is InChI=1S/C23H34N4O5/c1-5-7-12-24-22(29)25-18-10-8-17(9-11-18)20-19(21(28)32-15-14-31-4)16(3)27(13-6-2)23(30)26-20/h8-11,20H,5-7,12-15H2,1-4H3,(H,26,30)(H2,24,25,29). The van der Waals surface area contributed by atoms with Gasteiger partial charge in [0.05, 0.1) is 18.2 Å². The number of unbranched alkanes of at least 4 members (excludes halogenated alkanes) is 1. The van der Waals surface area contributed by atoms with Crippen molar-refractivity contribution in [1.29, 1.82) is 0 Å². The molecule has 1 heterocycles. The molecule has 0 bridgehead atoms. The Morgan fingerprint density at radius 1 is 1.12 bits per heavy atom. The van der Waals surface area contributed by atoms with Crippen molar-refractivity contribution in [3.8, 4) is 0 Å². The smallest absolute Gasteiger partial charge is 0.338 e. The van der Waals surface area contributed by atoms with Gasteiger partial charge in [-0.05, 0) is 37.5 Å². The van der Waals surface area contributed by atoms with Crippen LogP contribution < -0.4 is 16.0 Å². The Morgan fingerprint density at radius 2 is 1.84 bits per heavy atom. The number of hydrogen-bond donors (Lipinski definition) is 3. The van der Waals surface area contributed by atoms with Gasteiger partial charge >= 0.3 is 18.0 Å². The summed E-state index contributed by atoms with van der Waals surface area (Å²) >= 11 is 0. The van der Waals surface area contributed by atoms with E-state index in [2.05, 4.69) is 22.9 Å². The highest BCUT2D eigenvalue weighted by Gasteiger charge is 2.36. The van der Waals surface area contributed by atoms with Crippen LogP contribution in [0.3, 0.4) is 0 Å². The lowest BCUT2D eigenvalue weighted by Crippen LogP contribution is -2.48. The Bertz CT molecular complexity index is 822. The van der Waals surface area contributed by atoms with E-state index in [1.54, 1.807) is 36.1 Å². The van der Waals surface area contributed by atoms with Gasteiger partial charge in [-0.2, -0.15) is 0 Å². The van der Waals surface area contributed by atoms with E-state index in [1.807, 2.05) is 6.92 Å². The Hall–Kier alpha value is -3.07. The molecule has 1 unspecified atom stereocenters. The van der Waals surface area contributed by atoms with E-state index in [1.165, 1.54) is 7.11 Å². The average Bonchev–Trinajstić information content (AvgIpc) is 2.77. The molecule has 2 rings (SSSR count). The molecule has 4 amide bonds. The molecule has 0 spiro atoms. The number of carbonyl (C=O) groups is 3. The number of anilines is 1. The van der Waals surface area contributed by atoms with Crippen LogP contribution in [-0.2, 0) is 14.3 Å². The molecule has 0 radical (unpaired) electrons. The van der Waals surface area contributed by atoms with E-state index in [0.717, 1.165) is 19.3 Å². The third-order valence-electron chi connectivity index (χ3n) is 5.10.